The second-order valence-electron chi connectivity index (χ2n) is 5.09. The number of hydrogen-bond donors (Lipinski definition) is 3. The van der Waals surface area contributed by atoms with Crippen LogP contribution < -0.4 is 11.1 Å². The van der Waals surface area contributed by atoms with E-state index in [1.54, 1.807) is 0 Å². The number of hydrogen-bond acceptors (Lipinski definition) is 3. The van der Waals surface area contributed by atoms with Gasteiger partial charge in [0, 0.05) is 11.5 Å². The quantitative estimate of drug-likeness (QED) is 0.788. The van der Waals surface area contributed by atoms with Crippen molar-refractivity contribution in [3.63, 3.8) is 0 Å². The average Bonchev–Trinajstić information content (AvgIpc) is 2.90. The summed E-state index contributed by atoms with van der Waals surface area (Å²) in [6.07, 6.45) is 1.33. The van der Waals surface area contributed by atoms with Gasteiger partial charge in [0.1, 0.15) is 0 Å². The van der Waals surface area contributed by atoms with Gasteiger partial charge in [0.2, 0.25) is 11.8 Å². The van der Waals surface area contributed by atoms with Gasteiger partial charge < -0.3 is 16.2 Å². The molecule has 7 heteroatoms. The number of halogens is 1. The maximum atomic E-state index is 12.1. The van der Waals surface area contributed by atoms with Gasteiger partial charge in [0.25, 0.3) is 0 Å². The third-order valence-electron chi connectivity index (χ3n) is 3.66. The van der Waals surface area contributed by atoms with Crippen LogP contribution in [0.3, 0.4) is 0 Å². The molecule has 1 aromatic carbocycles. The van der Waals surface area contributed by atoms with Crippen molar-refractivity contribution < 1.29 is 19.5 Å². The van der Waals surface area contributed by atoms with Crippen LogP contribution in [0.1, 0.15) is 29.6 Å². The summed E-state index contributed by atoms with van der Waals surface area (Å²) < 4.78 is 0. The molecule has 1 fully saturated rings. The third-order valence-corrected chi connectivity index (χ3v) is 3.99. The molecule has 2 rings (SSSR count). The van der Waals surface area contributed by atoms with Crippen LogP contribution >= 0.6 is 11.6 Å². The number of amides is 2. The van der Waals surface area contributed by atoms with E-state index in [2.05, 4.69) is 5.32 Å². The maximum Gasteiger partial charge on any atom is 0.306 e. The predicted octanol–water partition coefficient (Wildman–Crippen LogP) is 1.88. The van der Waals surface area contributed by atoms with Crippen LogP contribution in [0.5, 0.6) is 0 Å². The van der Waals surface area contributed by atoms with E-state index < -0.39 is 17.8 Å². The normalized spacial score (nSPS) is 21.0. The van der Waals surface area contributed by atoms with Crippen LogP contribution in [0.15, 0.2) is 18.2 Å². The number of carboxylic acid groups (broad SMARTS) is 1. The van der Waals surface area contributed by atoms with Gasteiger partial charge in [-0.3, -0.25) is 14.4 Å². The van der Waals surface area contributed by atoms with Gasteiger partial charge >= 0.3 is 5.97 Å². The molecule has 1 aromatic rings. The van der Waals surface area contributed by atoms with E-state index in [4.69, 9.17) is 22.4 Å². The molecule has 6 nitrogen and oxygen atoms in total. The molecule has 0 saturated heterocycles. The van der Waals surface area contributed by atoms with E-state index >= 15 is 0 Å². The summed E-state index contributed by atoms with van der Waals surface area (Å²) in [5.41, 5.74) is 5.72. The van der Waals surface area contributed by atoms with E-state index in [0.717, 1.165) is 0 Å². The fourth-order valence-electron chi connectivity index (χ4n) is 2.45. The van der Waals surface area contributed by atoms with Crippen molar-refractivity contribution in [2.24, 2.45) is 17.6 Å². The fraction of sp³-hybridized carbons (Fsp3) is 0.357. The van der Waals surface area contributed by atoms with Crippen LogP contribution in [-0.4, -0.2) is 22.9 Å². The Kier molecular flexibility index (Phi) is 4.47. The molecule has 1 aliphatic carbocycles. The number of carboxylic acids is 1. The summed E-state index contributed by atoms with van der Waals surface area (Å²) in [4.78, 5) is 34.2. The molecule has 0 aliphatic heterocycles. The number of nitrogens with two attached hydrogens (primary N) is 1. The lowest BCUT2D eigenvalue weighted by Crippen LogP contribution is -2.22. The molecule has 112 valence electrons. The lowest BCUT2D eigenvalue weighted by atomic mass is 10.0. The zero-order chi connectivity index (χ0) is 15.6. The highest BCUT2D eigenvalue weighted by Crippen LogP contribution is 2.32. The lowest BCUT2D eigenvalue weighted by molar-refractivity contribution is -0.141. The van der Waals surface area contributed by atoms with E-state index in [1.165, 1.54) is 18.2 Å². The first-order valence-corrected chi connectivity index (χ1v) is 6.89. The van der Waals surface area contributed by atoms with Crippen LogP contribution in [0, 0.1) is 11.8 Å². The van der Waals surface area contributed by atoms with Crippen molar-refractivity contribution >= 4 is 35.1 Å². The Labute approximate surface area is 126 Å². The number of primary amides is 1. The molecule has 1 saturated carbocycles. The first-order chi connectivity index (χ1) is 9.88. The number of carbonyl (C=O) groups is 3. The van der Waals surface area contributed by atoms with Crippen LogP contribution in [0.4, 0.5) is 5.69 Å². The van der Waals surface area contributed by atoms with E-state index in [9.17, 15) is 14.4 Å². The number of anilines is 1. The second kappa shape index (κ2) is 6.13. The molecule has 4 N–H and O–H groups in total. The Balaban J connectivity index is 2.08. The lowest BCUT2D eigenvalue weighted by Gasteiger charge is -2.12. The van der Waals surface area contributed by atoms with Crippen LogP contribution in [-0.2, 0) is 9.59 Å². The maximum absolute atomic E-state index is 12.1. The fourth-order valence-corrected chi connectivity index (χ4v) is 2.62. The van der Waals surface area contributed by atoms with Gasteiger partial charge in [-0.15, -0.1) is 0 Å². The van der Waals surface area contributed by atoms with Crippen LogP contribution in [0.2, 0.25) is 5.02 Å². The summed E-state index contributed by atoms with van der Waals surface area (Å²) in [6.45, 7) is 0. The van der Waals surface area contributed by atoms with Crippen molar-refractivity contribution in [3.8, 4) is 0 Å². The Morgan fingerprint density at radius 1 is 1.24 bits per heavy atom. The molecule has 0 bridgehead atoms. The minimum Gasteiger partial charge on any atom is -0.481 e. The molecule has 2 amide bonds. The minimum atomic E-state index is -0.876. The van der Waals surface area contributed by atoms with Crippen molar-refractivity contribution in [1.29, 1.82) is 0 Å². The molecule has 0 spiro atoms. The van der Waals surface area contributed by atoms with Gasteiger partial charge in [-0.1, -0.05) is 11.6 Å². The highest BCUT2D eigenvalue weighted by Gasteiger charge is 2.34. The zero-order valence-corrected chi connectivity index (χ0v) is 11.9. The summed E-state index contributed by atoms with van der Waals surface area (Å²) in [5, 5.41) is 11.9. The largest absolute Gasteiger partial charge is 0.481 e. The monoisotopic (exact) mass is 310 g/mol. The zero-order valence-electron chi connectivity index (χ0n) is 11.1. The number of nitrogens with one attached hydrogen (secondary N) is 1. The Morgan fingerprint density at radius 2 is 1.90 bits per heavy atom. The smallest absolute Gasteiger partial charge is 0.306 e. The molecule has 21 heavy (non-hydrogen) atoms. The first-order valence-electron chi connectivity index (χ1n) is 6.51. The van der Waals surface area contributed by atoms with Crippen molar-refractivity contribution in [3.05, 3.63) is 28.8 Å². The number of rotatable bonds is 4. The standard InChI is InChI=1S/C14H15ClN2O4/c15-10-4-3-7(12(16)18)6-11(10)17-13(19)8-1-2-9(5-8)14(20)21/h3-4,6,8-9H,1-2,5H2,(H2,16,18)(H,17,19)(H,20,21). The number of carbonyl (C=O) groups excluding carboxylic acids is 2. The van der Waals surface area contributed by atoms with Gasteiger partial charge in [0.05, 0.1) is 16.6 Å². The molecule has 0 heterocycles. The van der Waals surface area contributed by atoms with Crippen molar-refractivity contribution in [1.82, 2.24) is 0 Å². The molecule has 0 aromatic heterocycles. The summed E-state index contributed by atoms with van der Waals surface area (Å²) in [6, 6.07) is 4.36. The van der Waals surface area contributed by atoms with E-state index in [0.29, 0.717) is 30.0 Å². The molecular formula is C14H15ClN2O4. The predicted molar refractivity (Wildman–Crippen MR) is 77.1 cm³/mol. The number of benzene rings is 1. The van der Waals surface area contributed by atoms with Gasteiger partial charge in [-0.05, 0) is 37.5 Å². The molecule has 0 radical (unpaired) electrons. The molecule has 2 unspecified atom stereocenters. The number of aliphatic carboxylic acids is 1. The summed E-state index contributed by atoms with van der Waals surface area (Å²) in [7, 11) is 0. The average molecular weight is 311 g/mol. The Morgan fingerprint density at radius 3 is 2.48 bits per heavy atom. The summed E-state index contributed by atoms with van der Waals surface area (Å²) in [5.74, 6) is -2.62. The van der Waals surface area contributed by atoms with E-state index in [1.807, 2.05) is 0 Å². The van der Waals surface area contributed by atoms with E-state index in [-0.39, 0.29) is 17.4 Å². The van der Waals surface area contributed by atoms with Gasteiger partial charge in [-0.2, -0.15) is 0 Å². The highest BCUT2D eigenvalue weighted by molar-refractivity contribution is 6.33. The topological polar surface area (TPSA) is 109 Å². The second-order valence-corrected chi connectivity index (χ2v) is 5.50. The SMILES string of the molecule is NC(=O)c1ccc(Cl)c(NC(=O)C2CCC(C(=O)O)C2)c1. The molecule has 2 atom stereocenters. The minimum absolute atomic E-state index is 0.240. The van der Waals surface area contributed by atoms with Crippen molar-refractivity contribution in [2.45, 2.75) is 19.3 Å². The summed E-state index contributed by atoms with van der Waals surface area (Å²) >= 11 is 5.97. The van der Waals surface area contributed by atoms with Gasteiger partial charge in [0.15, 0.2) is 0 Å². The Hall–Kier alpha value is -2.08. The van der Waals surface area contributed by atoms with Crippen molar-refractivity contribution in [2.75, 3.05) is 5.32 Å². The first kappa shape index (κ1) is 15.3. The van der Waals surface area contributed by atoms with Gasteiger partial charge in [-0.25, -0.2) is 0 Å². The Bertz CT molecular complexity index is 603. The third kappa shape index (κ3) is 3.52. The van der Waals surface area contributed by atoms with Crippen LogP contribution in [0.25, 0.3) is 0 Å². The highest BCUT2D eigenvalue weighted by atomic mass is 35.5. The molecule has 1 aliphatic rings. The molecular weight excluding hydrogens is 296 g/mol.